The van der Waals surface area contributed by atoms with Gasteiger partial charge in [-0.1, -0.05) is 12.1 Å². The predicted octanol–water partition coefficient (Wildman–Crippen LogP) is 3.66. The van der Waals surface area contributed by atoms with Gasteiger partial charge < -0.3 is 10.0 Å². The topological polar surface area (TPSA) is 40.5 Å². The molecule has 3 nitrogen and oxygen atoms in total. The van der Waals surface area contributed by atoms with E-state index in [1.165, 1.54) is 6.42 Å². The molecule has 114 valence electrons. The van der Waals surface area contributed by atoms with Crippen LogP contribution in [0.1, 0.15) is 55.9 Å². The third-order valence-electron chi connectivity index (χ3n) is 4.57. The van der Waals surface area contributed by atoms with Gasteiger partial charge in [-0.15, -0.1) is 11.3 Å². The highest BCUT2D eigenvalue weighted by molar-refractivity contribution is 7.10. The van der Waals surface area contributed by atoms with Gasteiger partial charge in [0, 0.05) is 23.0 Å². The molecule has 1 aromatic heterocycles. The first-order chi connectivity index (χ1) is 10.3. The van der Waals surface area contributed by atoms with Crippen molar-refractivity contribution in [2.75, 3.05) is 6.54 Å². The standard InChI is InChI=1S/C17H23NO2S/c19-15(16-9-5-11-21-16)12-14-8-4-10-18(14)17(20)13-6-2-1-3-7-13/h5-6,9,11,14-15,19H,1-4,7-8,10,12H2. The van der Waals surface area contributed by atoms with E-state index in [0.29, 0.717) is 6.42 Å². The van der Waals surface area contributed by atoms with E-state index < -0.39 is 6.10 Å². The average Bonchev–Trinajstić information content (AvgIpc) is 3.19. The van der Waals surface area contributed by atoms with Gasteiger partial charge in [0.25, 0.3) is 0 Å². The fourth-order valence-electron chi connectivity index (χ4n) is 3.42. The van der Waals surface area contributed by atoms with Gasteiger partial charge in [-0.05, 0) is 56.4 Å². The molecule has 1 aliphatic heterocycles. The van der Waals surface area contributed by atoms with Crippen LogP contribution in [0.5, 0.6) is 0 Å². The van der Waals surface area contributed by atoms with Crippen LogP contribution in [0.3, 0.4) is 0 Å². The summed E-state index contributed by atoms with van der Waals surface area (Å²) in [5, 5.41) is 12.3. The predicted molar refractivity (Wildman–Crippen MR) is 85.2 cm³/mol. The average molecular weight is 305 g/mol. The third kappa shape index (κ3) is 3.38. The lowest BCUT2D eigenvalue weighted by Crippen LogP contribution is -2.37. The molecular formula is C17H23NO2S. The second-order valence-electron chi connectivity index (χ2n) is 6.04. The summed E-state index contributed by atoms with van der Waals surface area (Å²) in [4.78, 5) is 15.7. The summed E-state index contributed by atoms with van der Waals surface area (Å²) >= 11 is 1.59. The zero-order valence-corrected chi connectivity index (χ0v) is 13.1. The molecule has 0 spiro atoms. The van der Waals surface area contributed by atoms with E-state index in [4.69, 9.17) is 0 Å². The van der Waals surface area contributed by atoms with E-state index in [0.717, 1.165) is 49.1 Å². The molecule has 1 aromatic rings. The number of rotatable bonds is 4. The third-order valence-corrected chi connectivity index (χ3v) is 5.54. The Balaban J connectivity index is 1.65. The maximum absolute atomic E-state index is 12.7. The zero-order valence-electron chi connectivity index (χ0n) is 12.3. The van der Waals surface area contributed by atoms with Crippen LogP contribution in [-0.2, 0) is 4.79 Å². The molecule has 2 atom stereocenters. The van der Waals surface area contributed by atoms with E-state index in [9.17, 15) is 9.90 Å². The van der Waals surface area contributed by atoms with Gasteiger partial charge >= 0.3 is 0 Å². The highest BCUT2D eigenvalue weighted by atomic mass is 32.1. The molecule has 1 saturated heterocycles. The number of hydrogen-bond acceptors (Lipinski definition) is 3. The van der Waals surface area contributed by atoms with Crippen molar-refractivity contribution in [1.82, 2.24) is 4.90 Å². The van der Waals surface area contributed by atoms with Gasteiger partial charge in [-0.3, -0.25) is 4.79 Å². The van der Waals surface area contributed by atoms with E-state index in [2.05, 4.69) is 6.08 Å². The normalized spacial score (nSPS) is 24.0. The van der Waals surface area contributed by atoms with Crippen LogP contribution in [0.15, 0.2) is 29.2 Å². The smallest absolute Gasteiger partial charge is 0.249 e. The number of nitrogens with zero attached hydrogens (tertiary/aromatic N) is 1. The number of hydrogen-bond donors (Lipinski definition) is 1. The van der Waals surface area contributed by atoms with Crippen molar-refractivity contribution in [1.29, 1.82) is 0 Å². The number of carbonyl (C=O) groups excluding carboxylic acids is 1. The van der Waals surface area contributed by atoms with E-state index >= 15 is 0 Å². The molecule has 2 unspecified atom stereocenters. The first kappa shape index (κ1) is 14.8. The minimum Gasteiger partial charge on any atom is -0.387 e. The lowest BCUT2D eigenvalue weighted by atomic mass is 9.98. The van der Waals surface area contributed by atoms with E-state index in [1.807, 2.05) is 22.4 Å². The Bertz CT molecular complexity index is 509. The number of aliphatic hydroxyl groups excluding tert-OH is 1. The molecule has 0 bridgehead atoms. The van der Waals surface area contributed by atoms with E-state index in [1.54, 1.807) is 11.3 Å². The largest absolute Gasteiger partial charge is 0.387 e. The first-order valence-corrected chi connectivity index (χ1v) is 8.85. The van der Waals surface area contributed by atoms with Crippen LogP contribution in [0.4, 0.5) is 0 Å². The maximum atomic E-state index is 12.7. The van der Waals surface area contributed by atoms with Crippen LogP contribution in [-0.4, -0.2) is 28.5 Å². The highest BCUT2D eigenvalue weighted by Crippen LogP contribution is 2.31. The summed E-state index contributed by atoms with van der Waals surface area (Å²) < 4.78 is 0. The molecule has 2 aliphatic rings. The quantitative estimate of drug-likeness (QED) is 0.922. The SMILES string of the molecule is O=C(C1=CCCCC1)N1CCCC1CC(O)c1cccs1. The Morgan fingerprint density at radius 1 is 1.43 bits per heavy atom. The molecule has 21 heavy (non-hydrogen) atoms. The van der Waals surface area contributed by atoms with Gasteiger partial charge in [0.1, 0.15) is 0 Å². The van der Waals surface area contributed by atoms with Gasteiger partial charge in [-0.25, -0.2) is 0 Å². The van der Waals surface area contributed by atoms with Gasteiger partial charge in [0.15, 0.2) is 0 Å². The van der Waals surface area contributed by atoms with Gasteiger partial charge in [0.05, 0.1) is 6.10 Å². The number of likely N-dealkylation sites (tertiary alicyclic amines) is 1. The lowest BCUT2D eigenvalue weighted by molar-refractivity contribution is -0.128. The van der Waals surface area contributed by atoms with Crippen LogP contribution in [0, 0.1) is 0 Å². The van der Waals surface area contributed by atoms with E-state index in [-0.39, 0.29) is 11.9 Å². The number of carbonyl (C=O) groups is 1. The van der Waals surface area contributed by atoms with Crippen molar-refractivity contribution in [2.24, 2.45) is 0 Å². The van der Waals surface area contributed by atoms with Crippen molar-refractivity contribution in [3.8, 4) is 0 Å². The summed E-state index contributed by atoms with van der Waals surface area (Å²) in [5.74, 6) is 0.218. The summed E-state index contributed by atoms with van der Waals surface area (Å²) in [7, 11) is 0. The zero-order chi connectivity index (χ0) is 14.7. The number of amides is 1. The van der Waals surface area contributed by atoms with Crippen molar-refractivity contribution in [3.05, 3.63) is 34.0 Å². The monoisotopic (exact) mass is 305 g/mol. The molecule has 1 amide bonds. The summed E-state index contributed by atoms with van der Waals surface area (Å²) in [6, 6.07) is 4.13. The molecule has 2 heterocycles. The Morgan fingerprint density at radius 3 is 3.05 bits per heavy atom. The Kier molecular flexibility index (Phi) is 4.76. The molecular weight excluding hydrogens is 282 g/mol. The van der Waals surface area contributed by atoms with Crippen LogP contribution >= 0.6 is 11.3 Å². The molecule has 1 N–H and O–H groups in total. The van der Waals surface area contributed by atoms with Crippen LogP contribution in [0.25, 0.3) is 0 Å². The van der Waals surface area contributed by atoms with Crippen molar-refractivity contribution < 1.29 is 9.90 Å². The summed E-state index contributed by atoms with van der Waals surface area (Å²) in [6.07, 6.45) is 8.72. The van der Waals surface area contributed by atoms with Crippen molar-refractivity contribution in [2.45, 2.75) is 57.1 Å². The minimum absolute atomic E-state index is 0.192. The summed E-state index contributed by atoms with van der Waals surface area (Å²) in [5.41, 5.74) is 0.999. The first-order valence-electron chi connectivity index (χ1n) is 7.97. The fraction of sp³-hybridized carbons (Fsp3) is 0.588. The van der Waals surface area contributed by atoms with Crippen molar-refractivity contribution >= 4 is 17.2 Å². The van der Waals surface area contributed by atoms with Gasteiger partial charge in [-0.2, -0.15) is 0 Å². The molecule has 4 heteroatoms. The molecule has 1 aliphatic carbocycles. The second-order valence-corrected chi connectivity index (χ2v) is 7.02. The fourth-order valence-corrected chi connectivity index (χ4v) is 4.14. The number of aliphatic hydroxyl groups is 1. The molecule has 1 fully saturated rings. The number of allylic oxidation sites excluding steroid dienone is 1. The maximum Gasteiger partial charge on any atom is 0.249 e. The lowest BCUT2D eigenvalue weighted by Gasteiger charge is -2.28. The van der Waals surface area contributed by atoms with Crippen LogP contribution in [0.2, 0.25) is 0 Å². The Morgan fingerprint density at radius 2 is 2.33 bits per heavy atom. The minimum atomic E-state index is -0.441. The number of thiophene rings is 1. The molecule has 0 radical (unpaired) electrons. The van der Waals surface area contributed by atoms with Crippen LogP contribution < -0.4 is 0 Å². The Labute approximate surface area is 130 Å². The highest BCUT2D eigenvalue weighted by Gasteiger charge is 2.32. The van der Waals surface area contributed by atoms with Crippen molar-refractivity contribution in [3.63, 3.8) is 0 Å². The second kappa shape index (κ2) is 6.75. The van der Waals surface area contributed by atoms with Gasteiger partial charge in [0.2, 0.25) is 5.91 Å². The molecule has 0 saturated carbocycles. The molecule has 0 aromatic carbocycles. The summed E-state index contributed by atoms with van der Waals surface area (Å²) in [6.45, 7) is 0.845. The molecule has 3 rings (SSSR count). The Hall–Kier alpha value is -1.13.